The average molecular weight is 418 g/mol. The molecule has 2 aromatic rings. The first-order chi connectivity index (χ1) is 15.1. The fourth-order valence-electron chi connectivity index (χ4n) is 4.11. The minimum atomic E-state index is -1.09. The summed E-state index contributed by atoms with van der Waals surface area (Å²) >= 11 is 0. The summed E-state index contributed by atoms with van der Waals surface area (Å²) in [7, 11) is 0. The third-order valence-corrected chi connectivity index (χ3v) is 5.53. The summed E-state index contributed by atoms with van der Waals surface area (Å²) in [6, 6.07) is 15.2. The molecule has 0 saturated carbocycles. The molecule has 1 amide bonds. The van der Waals surface area contributed by atoms with Crippen molar-refractivity contribution in [2.75, 3.05) is 24.7 Å². The second kappa shape index (κ2) is 8.78. The fourth-order valence-corrected chi connectivity index (χ4v) is 4.11. The number of benzene rings is 2. The molecular weight excluding hydrogens is 392 g/mol. The number of anilines is 1. The summed E-state index contributed by atoms with van der Waals surface area (Å²) < 4.78 is 11.9. The zero-order valence-corrected chi connectivity index (χ0v) is 17.4. The highest BCUT2D eigenvalue weighted by atomic mass is 16.5. The normalized spacial score (nSPS) is 21.6. The first-order valence-corrected chi connectivity index (χ1v) is 10.4. The molecule has 2 atom stereocenters. The predicted octanol–water partition coefficient (Wildman–Crippen LogP) is 3.81. The molecule has 0 radical (unpaired) electrons. The smallest absolute Gasteiger partial charge is 0.259 e. The van der Waals surface area contributed by atoms with E-state index in [4.69, 9.17) is 19.6 Å². The van der Waals surface area contributed by atoms with Crippen LogP contribution in [0.4, 0.5) is 5.69 Å². The number of nitrogens with zero attached hydrogens (tertiary/aromatic N) is 2. The Labute approximate surface area is 182 Å². The molecular formula is C25H26N2O4. The van der Waals surface area contributed by atoms with E-state index in [9.17, 15) is 4.79 Å². The summed E-state index contributed by atoms with van der Waals surface area (Å²) in [5, 5.41) is 8.89. The molecule has 2 aliphatic rings. The summed E-state index contributed by atoms with van der Waals surface area (Å²) in [5.74, 6) is 1.01. The number of aliphatic hydroxyl groups is 1. The largest absolute Gasteiger partial charge is 0.494 e. The molecule has 31 heavy (non-hydrogen) atoms. The second-order valence-electron chi connectivity index (χ2n) is 7.55. The van der Waals surface area contributed by atoms with Crippen LogP contribution in [0.3, 0.4) is 0 Å². The molecule has 0 bridgehead atoms. The standard InChI is InChI=1S/C25H26N2O4/c1-3-14-25-22(20-8-5-6-9-21(20)27(15-4-2)24(25)29)31-23(26-25)18-10-12-19(13-11-18)30-17-7-16-28/h3-6,8-13,22,28H,1-2,7,14-17H2/t22-,25-/m1/s1. The van der Waals surface area contributed by atoms with Crippen LogP contribution < -0.4 is 9.64 Å². The molecule has 6 nitrogen and oxygen atoms in total. The van der Waals surface area contributed by atoms with Gasteiger partial charge in [-0.1, -0.05) is 30.4 Å². The SMILES string of the molecule is C=CCN1C(=O)[C@]2(CC=C)N=C(c3ccc(OCCCO)cc3)O[C@@H]2c2ccccc21. The first kappa shape index (κ1) is 20.9. The lowest BCUT2D eigenvalue weighted by Crippen LogP contribution is -2.54. The van der Waals surface area contributed by atoms with Gasteiger partial charge in [-0.3, -0.25) is 4.79 Å². The molecule has 0 saturated heterocycles. The van der Waals surface area contributed by atoms with E-state index in [2.05, 4.69) is 13.2 Å². The predicted molar refractivity (Wildman–Crippen MR) is 121 cm³/mol. The van der Waals surface area contributed by atoms with Gasteiger partial charge in [-0.25, -0.2) is 4.99 Å². The number of carbonyl (C=O) groups excluding carboxylic acids is 1. The Balaban J connectivity index is 1.71. The lowest BCUT2D eigenvalue weighted by atomic mass is 9.80. The van der Waals surface area contributed by atoms with Crippen LogP contribution in [0, 0.1) is 0 Å². The van der Waals surface area contributed by atoms with Gasteiger partial charge in [0.2, 0.25) is 5.90 Å². The molecule has 6 heteroatoms. The summed E-state index contributed by atoms with van der Waals surface area (Å²) in [5.41, 5.74) is 1.42. The first-order valence-electron chi connectivity index (χ1n) is 10.4. The minimum Gasteiger partial charge on any atom is -0.494 e. The topological polar surface area (TPSA) is 71.4 Å². The minimum absolute atomic E-state index is 0.0911. The quantitative estimate of drug-likeness (QED) is 0.497. The molecule has 1 N–H and O–H groups in total. The van der Waals surface area contributed by atoms with Crippen LogP contribution in [0.5, 0.6) is 5.75 Å². The van der Waals surface area contributed by atoms with E-state index >= 15 is 0 Å². The Hall–Kier alpha value is -3.38. The van der Waals surface area contributed by atoms with E-state index < -0.39 is 11.6 Å². The van der Waals surface area contributed by atoms with Crippen LogP contribution in [0.1, 0.15) is 30.1 Å². The maximum absolute atomic E-state index is 13.7. The van der Waals surface area contributed by atoms with Gasteiger partial charge in [-0.15, -0.1) is 13.2 Å². The molecule has 4 rings (SSSR count). The molecule has 0 aromatic heterocycles. The number of fused-ring (bicyclic) bond motifs is 3. The van der Waals surface area contributed by atoms with E-state index in [0.29, 0.717) is 37.6 Å². The molecule has 160 valence electrons. The van der Waals surface area contributed by atoms with Crippen molar-refractivity contribution < 1.29 is 19.4 Å². The van der Waals surface area contributed by atoms with Gasteiger partial charge >= 0.3 is 0 Å². The summed E-state index contributed by atoms with van der Waals surface area (Å²) in [4.78, 5) is 20.2. The number of para-hydroxylation sites is 1. The van der Waals surface area contributed by atoms with Crippen molar-refractivity contribution in [1.29, 1.82) is 0 Å². The van der Waals surface area contributed by atoms with Crippen LogP contribution in [-0.4, -0.2) is 42.2 Å². The second-order valence-corrected chi connectivity index (χ2v) is 7.55. The molecule has 0 fully saturated rings. The van der Waals surface area contributed by atoms with Gasteiger partial charge in [0, 0.05) is 37.1 Å². The van der Waals surface area contributed by atoms with Gasteiger partial charge < -0.3 is 19.5 Å². The fraction of sp³-hybridized carbons (Fsp3) is 0.280. The van der Waals surface area contributed by atoms with Gasteiger partial charge in [0.05, 0.1) is 12.3 Å². The van der Waals surface area contributed by atoms with Crippen LogP contribution >= 0.6 is 0 Å². The van der Waals surface area contributed by atoms with E-state index in [1.54, 1.807) is 17.1 Å². The van der Waals surface area contributed by atoms with Crippen LogP contribution in [0.2, 0.25) is 0 Å². The van der Waals surface area contributed by atoms with Crippen LogP contribution in [0.15, 0.2) is 78.8 Å². The maximum atomic E-state index is 13.7. The van der Waals surface area contributed by atoms with Crippen molar-refractivity contribution in [2.45, 2.75) is 24.5 Å². The van der Waals surface area contributed by atoms with E-state index in [1.165, 1.54) is 0 Å². The number of ether oxygens (including phenoxy) is 2. The Morgan fingerprint density at radius 3 is 2.65 bits per heavy atom. The Bertz CT molecular complexity index is 1010. The van der Waals surface area contributed by atoms with E-state index in [-0.39, 0.29) is 12.5 Å². The number of hydrogen-bond acceptors (Lipinski definition) is 5. The zero-order chi connectivity index (χ0) is 21.8. The highest BCUT2D eigenvalue weighted by Crippen LogP contribution is 2.50. The van der Waals surface area contributed by atoms with Gasteiger partial charge in [0.25, 0.3) is 5.91 Å². The molecule has 0 aliphatic carbocycles. The highest BCUT2D eigenvalue weighted by Gasteiger charge is 2.57. The Morgan fingerprint density at radius 1 is 1.16 bits per heavy atom. The zero-order valence-electron chi connectivity index (χ0n) is 17.4. The maximum Gasteiger partial charge on any atom is 0.259 e. The summed E-state index contributed by atoms with van der Waals surface area (Å²) in [6.07, 6.45) is 3.85. The molecule has 0 spiro atoms. The van der Waals surface area contributed by atoms with Crippen molar-refractivity contribution in [3.05, 3.63) is 85.0 Å². The Kier molecular flexibility index (Phi) is 5.91. The third kappa shape index (κ3) is 3.64. The van der Waals surface area contributed by atoms with Crippen molar-refractivity contribution in [1.82, 2.24) is 0 Å². The van der Waals surface area contributed by atoms with Gasteiger partial charge in [-0.2, -0.15) is 0 Å². The van der Waals surface area contributed by atoms with Gasteiger partial charge in [0.15, 0.2) is 11.6 Å². The number of aliphatic hydroxyl groups excluding tert-OH is 1. The number of aliphatic imine (C=N–C) groups is 1. The number of amides is 1. The number of rotatable bonds is 9. The van der Waals surface area contributed by atoms with Crippen molar-refractivity contribution in [2.24, 2.45) is 4.99 Å². The van der Waals surface area contributed by atoms with Crippen molar-refractivity contribution >= 4 is 17.5 Å². The van der Waals surface area contributed by atoms with E-state index in [0.717, 1.165) is 16.8 Å². The molecule has 2 heterocycles. The lowest BCUT2D eigenvalue weighted by molar-refractivity contribution is -0.126. The van der Waals surface area contributed by atoms with Crippen LogP contribution in [-0.2, 0) is 9.53 Å². The number of hydrogen-bond donors (Lipinski definition) is 1. The monoisotopic (exact) mass is 418 g/mol. The average Bonchev–Trinajstić information content (AvgIpc) is 3.19. The van der Waals surface area contributed by atoms with Crippen LogP contribution in [0.25, 0.3) is 0 Å². The Morgan fingerprint density at radius 2 is 1.94 bits per heavy atom. The highest BCUT2D eigenvalue weighted by molar-refractivity contribution is 6.09. The van der Waals surface area contributed by atoms with E-state index in [1.807, 2.05) is 48.5 Å². The van der Waals surface area contributed by atoms with Crippen molar-refractivity contribution in [3.63, 3.8) is 0 Å². The molecule has 2 aromatic carbocycles. The molecule has 2 aliphatic heterocycles. The lowest BCUT2D eigenvalue weighted by Gasteiger charge is -2.41. The third-order valence-electron chi connectivity index (χ3n) is 5.53. The van der Waals surface area contributed by atoms with Gasteiger partial charge in [-0.05, 0) is 30.3 Å². The number of carbonyl (C=O) groups is 1. The molecule has 0 unspecified atom stereocenters. The summed E-state index contributed by atoms with van der Waals surface area (Å²) in [6.45, 7) is 8.61. The van der Waals surface area contributed by atoms with Gasteiger partial charge in [0.1, 0.15) is 5.75 Å². The van der Waals surface area contributed by atoms with Crippen molar-refractivity contribution in [3.8, 4) is 5.75 Å².